The topological polar surface area (TPSA) is 52.6 Å². The molecule has 0 aromatic heterocycles. The van der Waals surface area contributed by atoms with Crippen molar-refractivity contribution in [1.82, 2.24) is 0 Å². The van der Waals surface area contributed by atoms with Gasteiger partial charge in [0.25, 0.3) is 0 Å². The van der Waals surface area contributed by atoms with Gasteiger partial charge in [0.2, 0.25) is 0 Å². The lowest BCUT2D eigenvalue weighted by molar-refractivity contribution is -0.138. The van der Waals surface area contributed by atoms with Gasteiger partial charge in [0, 0.05) is 10.5 Å². The molecule has 118 valence electrons. The maximum Gasteiger partial charge on any atom is 0.337 e. The summed E-state index contributed by atoms with van der Waals surface area (Å²) in [5, 5.41) is 0. The number of carbonyl (C=O) groups excluding carboxylic acids is 2. The monoisotopic (exact) mass is 374 g/mol. The molecule has 2 aromatic rings. The SMILES string of the molecule is COC(=O)c1ccc(COC(=O)/C=C/c2cccc(Br)c2)cc1. The first kappa shape index (κ1) is 17.0. The predicted octanol–water partition coefficient (Wildman–Crippen LogP) is 3.99. The lowest BCUT2D eigenvalue weighted by Crippen LogP contribution is -2.03. The van der Waals surface area contributed by atoms with Crippen molar-refractivity contribution >= 4 is 33.9 Å². The molecule has 4 nitrogen and oxygen atoms in total. The molecule has 23 heavy (non-hydrogen) atoms. The van der Waals surface area contributed by atoms with Crippen LogP contribution in [0.5, 0.6) is 0 Å². The summed E-state index contributed by atoms with van der Waals surface area (Å²) in [7, 11) is 1.33. The lowest BCUT2D eigenvalue weighted by atomic mass is 10.1. The summed E-state index contributed by atoms with van der Waals surface area (Å²) in [4.78, 5) is 23.0. The Labute approximate surface area is 142 Å². The van der Waals surface area contributed by atoms with Crippen LogP contribution in [0.2, 0.25) is 0 Å². The van der Waals surface area contributed by atoms with E-state index in [2.05, 4.69) is 20.7 Å². The number of benzene rings is 2. The van der Waals surface area contributed by atoms with E-state index in [0.29, 0.717) is 5.56 Å². The molecule has 2 rings (SSSR count). The molecule has 0 bridgehead atoms. The van der Waals surface area contributed by atoms with Crippen LogP contribution >= 0.6 is 15.9 Å². The van der Waals surface area contributed by atoms with Gasteiger partial charge in [0.15, 0.2) is 0 Å². The van der Waals surface area contributed by atoms with Crippen LogP contribution in [0.15, 0.2) is 59.1 Å². The van der Waals surface area contributed by atoms with Crippen molar-refractivity contribution in [2.24, 2.45) is 0 Å². The van der Waals surface area contributed by atoms with Gasteiger partial charge in [-0.2, -0.15) is 0 Å². The molecule has 0 aliphatic rings. The zero-order chi connectivity index (χ0) is 16.7. The summed E-state index contributed by atoms with van der Waals surface area (Å²) >= 11 is 3.37. The van der Waals surface area contributed by atoms with Crippen LogP contribution in [-0.2, 0) is 20.9 Å². The number of hydrogen-bond acceptors (Lipinski definition) is 4. The first-order chi connectivity index (χ1) is 11.1. The summed E-state index contributed by atoms with van der Waals surface area (Å²) in [5.41, 5.74) is 2.15. The highest BCUT2D eigenvalue weighted by Crippen LogP contribution is 2.13. The quantitative estimate of drug-likeness (QED) is 0.586. The Balaban J connectivity index is 1.88. The third kappa shape index (κ3) is 5.38. The fourth-order valence-corrected chi connectivity index (χ4v) is 2.25. The third-order valence-corrected chi connectivity index (χ3v) is 3.51. The van der Waals surface area contributed by atoms with Crippen LogP contribution in [0, 0.1) is 0 Å². The molecule has 0 atom stereocenters. The summed E-state index contributed by atoms with van der Waals surface area (Å²) in [6.45, 7) is 0.142. The molecular formula is C18H15BrO4. The standard InChI is InChI=1S/C18H15BrO4/c1-22-18(21)15-8-5-14(6-9-15)12-23-17(20)10-7-13-3-2-4-16(19)11-13/h2-11H,12H2,1H3/b10-7+. The number of carbonyl (C=O) groups is 2. The Hall–Kier alpha value is -2.40. The minimum atomic E-state index is -0.429. The van der Waals surface area contributed by atoms with Gasteiger partial charge in [-0.1, -0.05) is 40.2 Å². The second-order valence-electron chi connectivity index (χ2n) is 4.68. The Bertz CT molecular complexity index is 720. The van der Waals surface area contributed by atoms with Gasteiger partial charge in [-0.15, -0.1) is 0 Å². The molecule has 0 fully saturated rings. The van der Waals surface area contributed by atoms with Crippen molar-refractivity contribution in [3.05, 3.63) is 75.8 Å². The highest BCUT2D eigenvalue weighted by Gasteiger charge is 2.05. The van der Waals surface area contributed by atoms with Gasteiger partial charge in [-0.25, -0.2) is 9.59 Å². The Morgan fingerprint density at radius 3 is 2.52 bits per heavy atom. The summed E-state index contributed by atoms with van der Waals surface area (Å²) in [6.07, 6.45) is 3.07. The zero-order valence-electron chi connectivity index (χ0n) is 12.5. The molecular weight excluding hydrogens is 360 g/mol. The van der Waals surface area contributed by atoms with Gasteiger partial charge in [0.05, 0.1) is 12.7 Å². The van der Waals surface area contributed by atoms with Crippen molar-refractivity contribution < 1.29 is 19.1 Å². The highest BCUT2D eigenvalue weighted by atomic mass is 79.9. The van der Waals surface area contributed by atoms with Crippen LogP contribution in [0.4, 0.5) is 0 Å². The Morgan fingerprint density at radius 2 is 1.87 bits per heavy atom. The van der Waals surface area contributed by atoms with Crippen molar-refractivity contribution in [2.45, 2.75) is 6.61 Å². The summed E-state index contributed by atoms with van der Waals surface area (Å²) in [5.74, 6) is -0.826. The molecule has 0 radical (unpaired) electrons. The summed E-state index contributed by atoms with van der Waals surface area (Å²) < 4.78 is 10.7. The Morgan fingerprint density at radius 1 is 1.13 bits per heavy atom. The lowest BCUT2D eigenvalue weighted by Gasteiger charge is -2.04. The van der Waals surface area contributed by atoms with Crippen LogP contribution in [0.3, 0.4) is 0 Å². The van der Waals surface area contributed by atoms with E-state index in [9.17, 15) is 9.59 Å². The molecule has 0 amide bonds. The largest absolute Gasteiger partial charge is 0.465 e. The second-order valence-corrected chi connectivity index (χ2v) is 5.60. The maximum absolute atomic E-state index is 11.7. The number of esters is 2. The molecule has 0 saturated carbocycles. The first-order valence-corrected chi connectivity index (χ1v) is 7.65. The minimum Gasteiger partial charge on any atom is -0.465 e. The van der Waals surface area contributed by atoms with E-state index in [4.69, 9.17) is 4.74 Å². The number of hydrogen-bond donors (Lipinski definition) is 0. The van der Waals surface area contributed by atoms with E-state index >= 15 is 0 Å². The fraction of sp³-hybridized carbons (Fsp3) is 0.111. The van der Waals surface area contributed by atoms with Crippen LogP contribution in [-0.4, -0.2) is 19.0 Å². The van der Waals surface area contributed by atoms with E-state index < -0.39 is 11.9 Å². The van der Waals surface area contributed by atoms with Gasteiger partial charge in [-0.05, 0) is 41.5 Å². The average Bonchev–Trinajstić information content (AvgIpc) is 2.58. The molecule has 2 aromatic carbocycles. The number of methoxy groups -OCH3 is 1. The smallest absolute Gasteiger partial charge is 0.337 e. The predicted molar refractivity (Wildman–Crippen MR) is 90.8 cm³/mol. The highest BCUT2D eigenvalue weighted by molar-refractivity contribution is 9.10. The molecule has 0 saturated heterocycles. The van der Waals surface area contributed by atoms with Crippen molar-refractivity contribution in [1.29, 1.82) is 0 Å². The van der Waals surface area contributed by atoms with Crippen molar-refractivity contribution in [3.63, 3.8) is 0 Å². The van der Waals surface area contributed by atoms with E-state index in [1.54, 1.807) is 30.3 Å². The molecule has 0 aliphatic heterocycles. The van der Waals surface area contributed by atoms with E-state index in [-0.39, 0.29) is 6.61 Å². The number of rotatable bonds is 5. The minimum absolute atomic E-state index is 0.142. The van der Waals surface area contributed by atoms with Gasteiger partial charge >= 0.3 is 11.9 Å². The maximum atomic E-state index is 11.7. The van der Waals surface area contributed by atoms with Crippen molar-refractivity contribution in [3.8, 4) is 0 Å². The van der Waals surface area contributed by atoms with Crippen LogP contribution < -0.4 is 0 Å². The molecule has 0 unspecified atom stereocenters. The number of halogens is 1. The Kier molecular flexibility index (Phi) is 6.11. The normalized spacial score (nSPS) is 10.5. The van der Waals surface area contributed by atoms with Gasteiger partial charge < -0.3 is 9.47 Å². The van der Waals surface area contributed by atoms with E-state index in [0.717, 1.165) is 15.6 Å². The third-order valence-electron chi connectivity index (χ3n) is 3.02. The molecule has 0 heterocycles. The van der Waals surface area contributed by atoms with E-state index in [1.807, 2.05) is 24.3 Å². The van der Waals surface area contributed by atoms with Crippen LogP contribution in [0.25, 0.3) is 6.08 Å². The molecule has 5 heteroatoms. The van der Waals surface area contributed by atoms with Crippen LogP contribution in [0.1, 0.15) is 21.5 Å². The second kappa shape index (κ2) is 8.29. The van der Waals surface area contributed by atoms with E-state index in [1.165, 1.54) is 13.2 Å². The van der Waals surface area contributed by atoms with Crippen molar-refractivity contribution in [2.75, 3.05) is 7.11 Å². The van der Waals surface area contributed by atoms with Gasteiger partial charge in [-0.3, -0.25) is 0 Å². The average molecular weight is 375 g/mol. The molecule has 0 spiro atoms. The first-order valence-electron chi connectivity index (χ1n) is 6.86. The molecule has 0 N–H and O–H groups in total. The summed E-state index contributed by atoms with van der Waals surface area (Å²) in [6, 6.07) is 14.3. The fourth-order valence-electron chi connectivity index (χ4n) is 1.83. The molecule has 0 aliphatic carbocycles. The van der Waals surface area contributed by atoms with Gasteiger partial charge in [0.1, 0.15) is 6.61 Å². The zero-order valence-corrected chi connectivity index (χ0v) is 14.1. The number of ether oxygens (including phenoxy) is 2.